The first kappa shape index (κ1) is 11.6. The van der Waals surface area contributed by atoms with Gasteiger partial charge in [-0.3, -0.25) is 0 Å². The third kappa shape index (κ3) is 1.31. The summed E-state index contributed by atoms with van der Waals surface area (Å²) in [6, 6.07) is 4.24. The van der Waals surface area contributed by atoms with E-state index < -0.39 is 0 Å². The number of hydrogen-bond acceptors (Lipinski definition) is 1. The Bertz CT molecular complexity index is 494. The Balaban J connectivity index is 2.14. The molecule has 0 unspecified atom stereocenters. The van der Waals surface area contributed by atoms with E-state index in [1.54, 1.807) is 0 Å². The molecule has 2 aliphatic carbocycles. The van der Waals surface area contributed by atoms with Crippen molar-refractivity contribution in [3.63, 3.8) is 0 Å². The maximum atomic E-state index is 10.4. The second kappa shape index (κ2) is 3.28. The fourth-order valence-electron chi connectivity index (χ4n) is 3.85. The van der Waals surface area contributed by atoms with Crippen LogP contribution in [0.5, 0.6) is 5.75 Å². The van der Waals surface area contributed by atoms with E-state index in [-0.39, 0.29) is 5.41 Å². The molecule has 3 rings (SSSR count). The third-order valence-electron chi connectivity index (χ3n) is 5.57. The van der Waals surface area contributed by atoms with E-state index in [1.165, 1.54) is 19.3 Å². The lowest BCUT2D eigenvalue weighted by Crippen LogP contribution is -2.29. The van der Waals surface area contributed by atoms with Gasteiger partial charge in [0.05, 0.1) is 4.47 Å². The smallest absolute Gasteiger partial charge is 0.133 e. The van der Waals surface area contributed by atoms with Crippen molar-refractivity contribution < 1.29 is 5.11 Å². The van der Waals surface area contributed by atoms with Crippen molar-refractivity contribution >= 4 is 15.9 Å². The summed E-state index contributed by atoms with van der Waals surface area (Å²) in [5.74, 6) is 1.34. The molecule has 2 aliphatic rings. The van der Waals surface area contributed by atoms with E-state index in [9.17, 15) is 5.11 Å². The molecule has 0 aromatic heterocycles. The largest absolute Gasteiger partial charge is 0.506 e. The molecule has 1 aromatic carbocycles. The van der Waals surface area contributed by atoms with E-state index >= 15 is 0 Å². The maximum absolute atomic E-state index is 10.4. The van der Waals surface area contributed by atoms with Gasteiger partial charge in [0, 0.05) is 11.0 Å². The topological polar surface area (TPSA) is 20.2 Å². The van der Waals surface area contributed by atoms with Crippen LogP contribution in [0.15, 0.2) is 16.6 Å². The Labute approximate surface area is 111 Å². The number of benzene rings is 1. The van der Waals surface area contributed by atoms with Crippen LogP contribution < -0.4 is 0 Å². The van der Waals surface area contributed by atoms with E-state index in [1.807, 2.05) is 6.92 Å². The van der Waals surface area contributed by atoms with Gasteiger partial charge in [-0.1, -0.05) is 26.0 Å². The average Bonchev–Trinajstić information content (AvgIpc) is 2.90. The summed E-state index contributed by atoms with van der Waals surface area (Å²) in [6.45, 7) is 6.74. The minimum absolute atomic E-state index is 0.151. The summed E-state index contributed by atoms with van der Waals surface area (Å²) in [6.07, 6.45) is 3.85. The van der Waals surface area contributed by atoms with Crippen LogP contribution in [0.4, 0.5) is 0 Å². The van der Waals surface area contributed by atoms with E-state index in [0.717, 1.165) is 21.5 Å². The zero-order valence-corrected chi connectivity index (χ0v) is 12.3. The number of aryl methyl sites for hydroxylation is 1. The predicted molar refractivity (Wildman–Crippen MR) is 73.3 cm³/mol. The van der Waals surface area contributed by atoms with Gasteiger partial charge in [0.15, 0.2) is 0 Å². The van der Waals surface area contributed by atoms with E-state index in [0.29, 0.717) is 11.2 Å². The van der Waals surface area contributed by atoms with Crippen molar-refractivity contribution in [3.8, 4) is 5.75 Å². The Kier molecular flexibility index (Phi) is 2.24. The highest BCUT2D eigenvalue weighted by atomic mass is 79.9. The molecular formula is C15H19BrO. The van der Waals surface area contributed by atoms with Crippen molar-refractivity contribution in [1.82, 2.24) is 0 Å². The Morgan fingerprint density at radius 1 is 1.35 bits per heavy atom. The molecule has 2 fully saturated rings. The van der Waals surface area contributed by atoms with Gasteiger partial charge in [-0.15, -0.1) is 0 Å². The quantitative estimate of drug-likeness (QED) is 0.806. The Hall–Kier alpha value is -0.500. The zero-order chi connectivity index (χ0) is 12.4. The predicted octanol–water partition coefficient (Wildman–Crippen LogP) is 4.54. The van der Waals surface area contributed by atoms with Gasteiger partial charge in [-0.05, 0) is 59.0 Å². The molecule has 92 valence electrons. The summed E-state index contributed by atoms with van der Waals surface area (Å²) >= 11 is 3.50. The summed E-state index contributed by atoms with van der Waals surface area (Å²) in [5, 5.41) is 10.4. The monoisotopic (exact) mass is 294 g/mol. The molecule has 3 atom stereocenters. The molecule has 0 spiro atoms. The zero-order valence-electron chi connectivity index (χ0n) is 10.7. The first-order chi connectivity index (χ1) is 7.90. The average molecular weight is 295 g/mol. The third-order valence-corrected chi connectivity index (χ3v) is 6.57. The summed E-state index contributed by atoms with van der Waals surface area (Å²) in [5.41, 5.74) is 2.81. The fourth-order valence-corrected chi connectivity index (χ4v) is 4.20. The van der Waals surface area contributed by atoms with Gasteiger partial charge >= 0.3 is 0 Å². The molecule has 17 heavy (non-hydrogen) atoms. The molecule has 0 radical (unpaired) electrons. The lowest BCUT2D eigenvalue weighted by Gasteiger charge is -2.34. The van der Waals surface area contributed by atoms with E-state index in [4.69, 9.17) is 0 Å². The van der Waals surface area contributed by atoms with Crippen LogP contribution in [-0.2, 0) is 5.41 Å². The minimum atomic E-state index is 0.151. The normalized spacial score (nSPS) is 39.2. The second-order valence-electron chi connectivity index (χ2n) is 6.28. The molecule has 1 nitrogen and oxygen atoms in total. The minimum Gasteiger partial charge on any atom is -0.506 e. The van der Waals surface area contributed by atoms with Crippen molar-refractivity contribution in [1.29, 1.82) is 0 Å². The first-order valence-corrected chi connectivity index (χ1v) is 7.18. The number of halogens is 1. The molecule has 1 N–H and O–H groups in total. The summed E-state index contributed by atoms with van der Waals surface area (Å²) in [4.78, 5) is 0. The fraction of sp³-hybridized carbons (Fsp3) is 0.600. The summed E-state index contributed by atoms with van der Waals surface area (Å²) in [7, 11) is 0. The van der Waals surface area contributed by atoms with Crippen LogP contribution >= 0.6 is 15.9 Å². The molecule has 0 saturated heterocycles. The standard InChI is InChI=1S/C15H19BrO/c1-9-4-5-11(13(17)12(9)16)14(2)7-6-10-8-15(10,14)3/h4-5,10,17H,6-8H2,1-3H3/t10-,14+,15+/m1/s1. The Morgan fingerprint density at radius 2 is 2.06 bits per heavy atom. The van der Waals surface area contributed by atoms with Crippen LogP contribution in [0.3, 0.4) is 0 Å². The second-order valence-corrected chi connectivity index (χ2v) is 7.07. The van der Waals surface area contributed by atoms with Crippen molar-refractivity contribution in [2.45, 2.75) is 45.4 Å². The molecule has 0 bridgehead atoms. The van der Waals surface area contributed by atoms with Gasteiger partial charge in [0.2, 0.25) is 0 Å². The maximum Gasteiger partial charge on any atom is 0.133 e. The number of hydrogen-bond donors (Lipinski definition) is 1. The van der Waals surface area contributed by atoms with Crippen LogP contribution in [0.1, 0.15) is 44.2 Å². The van der Waals surface area contributed by atoms with Gasteiger partial charge in [0.1, 0.15) is 5.75 Å². The highest BCUT2D eigenvalue weighted by Crippen LogP contribution is 2.73. The van der Waals surface area contributed by atoms with Crippen LogP contribution in [0.2, 0.25) is 0 Å². The number of fused-ring (bicyclic) bond motifs is 1. The molecule has 2 saturated carbocycles. The van der Waals surface area contributed by atoms with Crippen LogP contribution in [0, 0.1) is 18.3 Å². The number of phenols is 1. The van der Waals surface area contributed by atoms with Crippen molar-refractivity contribution in [3.05, 3.63) is 27.7 Å². The van der Waals surface area contributed by atoms with Gasteiger partial charge in [-0.2, -0.15) is 0 Å². The van der Waals surface area contributed by atoms with Gasteiger partial charge in [0.25, 0.3) is 0 Å². The van der Waals surface area contributed by atoms with Gasteiger partial charge < -0.3 is 5.11 Å². The van der Waals surface area contributed by atoms with Crippen molar-refractivity contribution in [2.75, 3.05) is 0 Å². The number of aromatic hydroxyl groups is 1. The number of phenolic OH excluding ortho intramolecular Hbond substituents is 1. The van der Waals surface area contributed by atoms with Crippen molar-refractivity contribution in [2.24, 2.45) is 11.3 Å². The summed E-state index contributed by atoms with van der Waals surface area (Å²) < 4.78 is 0.865. The molecule has 1 aromatic rings. The lowest BCUT2D eigenvalue weighted by molar-refractivity contribution is 0.298. The van der Waals surface area contributed by atoms with Crippen LogP contribution in [0.25, 0.3) is 0 Å². The number of rotatable bonds is 1. The molecule has 2 heteroatoms. The van der Waals surface area contributed by atoms with Gasteiger partial charge in [-0.25, -0.2) is 0 Å². The molecular weight excluding hydrogens is 276 g/mol. The first-order valence-electron chi connectivity index (χ1n) is 6.39. The van der Waals surface area contributed by atoms with Crippen LogP contribution in [-0.4, -0.2) is 5.11 Å². The SMILES string of the molecule is Cc1ccc([C@]2(C)CC[C@@H]3C[C@@]32C)c(O)c1Br. The van der Waals surface area contributed by atoms with E-state index in [2.05, 4.69) is 41.9 Å². The molecule has 0 heterocycles. The highest BCUT2D eigenvalue weighted by Gasteiger charge is 2.66. The molecule has 0 amide bonds. The lowest BCUT2D eigenvalue weighted by atomic mass is 9.70. The molecule has 0 aliphatic heterocycles. The Morgan fingerprint density at radius 3 is 2.59 bits per heavy atom. The highest BCUT2D eigenvalue weighted by molar-refractivity contribution is 9.10.